The van der Waals surface area contributed by atoms with Crippen LogP contribution < -0.4 is 9.47 Å². The van der Waals surface area contributed by atoms with Crippen molar-refractivity contribution in [3.63, 3.8) is 0 Å². The highest BCUT2D eigenvalue weighted by atomic mass is 16.7. The third kappa shape index (κ3) is 5.01. The summed E-state index contributed by atoms with van der Waals surface area (Å²) in [5.41, 5.74) is 0.572. The third-order valence-electron chi connectivity index (χ3n) is 4.95. The number of aliphatic hydroxyl groups is 4. The van der Waals surface area contributed by atoms with E-state index in [0.29, 0.717) is 5.56 Å². The van der Waals surface area contributed by atoms with E-state index in [1.165, 1.54) is 37.5 Å². The molecule has 6 N–H and O–H groups in total. The van der Waals surface area contributed by atoms with Crippen molar-refractivity contribution in [2.45, 2.75) is 30.7 Å². The Labute approximate surface area is 183 Å². The average molecular weight is 448 g/mol. The zero-order chi connectivity index (χ0) is 23.4. The largest absolute Gasteiger partial charge is 0.508 e. The fourth-order valence-corrected chi connectivity index (χ4v) is 3.17. The summed E-state index contributed by atoms with van der Waals surface area (Å²) in [5.74, 6) is -0.619. The summed E-state index contributed by atoms with van der Waals surface area (Å²) in [6, 6.07) is 8.27. The zero-order valence-corrected chi connectivity index (χ0v) is 17.0. The molecule has 1 aliphatic rings. The molecule has 32 heavy (non-hydrogen) atoms. The van der Waals surface area contributed by atoms with Crippen molar-refractivity contribution in [3.8, 4) is 23.0 Å². The van der Waals surface area contributed by atoms with Gasteiger partial charge in [0.05, 0.1) is 19.3 Å². The molecule has 3 rings (SSSR count). The van der Waals surface area contributed by atoms with Gasteiger partial charge in [0, 0.05) is 6.07 Å². The van der Waals surface area contributed by atoms with E-state index >= 15 is 0 Å². The van der Waals surface area contributed by atoms with Gasteiger partial charge in [-0.25, -0.2) is 0 Å². The minimum atomic E-state index is -1.58. The Morgan fingerprint density at radius 3 is 2.44 bits per heavy atom. The summed E-state index contributed by atoms with van der Waals surface area (Å²) >= 11 is 0. The third-order valence-corrected chi connectivity index (χ3v) is 4.95. The van der Waals surface area contributed by atoms with Crippen LogP contribution in [0, 0.1) is 0 Å². The first-order valence-electron chi connectivity index (χ1n) is 9.64. The molecule has 1 heterocycles. The lowest BCUT2D eigenvalue weighted by molar-refractivity contribution is -0.277. The Kier molecular flexibility index (Phi) is 7.33. The minimum absolute atomic E-state index is 0.0218. The number of ketones is 1. The highest BCUT2D eigenvalue weighted by Gasteiger charge is 2.44. The number of aliphatic hydroxyl groups excluding tert-OH is 4. The number of ether oxygens (including phenoxy) is 3. The van der Waals surface area contributed by atoms with Crippen LogP contribution in [0.3, 0.4) is 0 Å². The van der Waals surface area contributed by atoms with E-state index in [0.717, 1.165) is 6.07 Å². The minimum Gasteiger partial charge on any atom is -0.508 e. The summed E-state index contributed by atoms with van der Waals surface area (Å²) in [5, 5.41) is 58.3. The predicted octanol–water partition coefficient (Wildman–Crippen LogP) is 0.181. The maximum Gasteiger partial charge on any atom is 0.229 e. The first-order valence-corrected chi connectivity index (χ1v) is 9.64. The van der Waals surface area contributed by atoms with Gasteiger partial charge >= 0.3 is 0 Å². The van der Waals surface area contributed by atoms with E-state index in [-0.39, 0.29) is 28.6 Å². The molecule has 172 valence electrons. The molecule has 1 aliphatic heterocycles. The molecule has 0 bridgehead atoms. The fraction of sp³-hybridized carbons (Fsp3) is 0.318. The van der Waals surface area contributed by atoms with Crippen LogP contribution >= 0.6 is 0 Å². The van der Waals surface area contributed by atoms with Crippen molar-refractivity contribution < 1.29 is 49.6 Å². The monoisotopic (exact) mass is 448 g/mol. The van der Waals surface area contributed by atoms with Gasteiger partial charge < -0.3 is 44.8 Å². The summed E-state index contributed by atoms with van der Waals surface area (Å²) in [7, 11) is 1.38. The van der Waals surface area contributed by atoms with Gasteiger partial charge in [0.25, 0.3) is 0 Å². The number of hydrogen-bond acceptors (Lipinski definition) is 10. The first kappa shape index (κ1) is 23.5. The van der Waals surface area contributed by atoms with Crippen LogP contribution in [-0.4, -0.2) is 80.8 Å². The highest BCUT2D eigenvalue weighted by Crippen LogP contribution is 2.32. The summed E-state index contributed by atoms with van der Waals surface area (Å²) in [4.78, 5) is 12.3. The van der Waals surface area contributed by atoms with Crippen LogP contribution in [0.15, 0.2) is 42.5 Å². The standard InChI is InChI=1S/C22H24O10/c1-30-17-8-11(2-6-14(25)13-5-4-12(24)9-15(13)26)3-7-16(17)31-22-21(29)20(28)19(27)18(10-23)32-22/h2-9,18-24,26-29H,10H2,1H3. The molecule has 0 spiro atoms. The number of rotatable bonds is 7. The molecule has 0 radical (unpaired) electrons. The van der Waals surface area contributed by atoms with Gasteiger partial charge in [0.2, 0.25) is 6.29 Å². The van der Waals surface area contributed by atoms with Gasteiger partial charge in [0.15, 0.2) is 17.3 Å². The first-order chi connectivity index (χ1) is 15.2. The SMILES string of the molecule is COc1cc(C=CC(=O)c2ccc(O)cc2O)ccc1OC1OC(CO)C(O)C(O)C1O. The van der Waals surface area contributed by atoms with Gasteiger partial charge in [0.1, 0.15) is 35.9 Å². The van der Waals surface area contributed by atoms with Gasteiger partial charge in [-0.3, -0.25) is 4.79 Å². The normalized spacial score (nSPS) is 25.6. The Hall–Kier alpha value is -3.15. The van der Waals surface area contributed by atoms with Crippen molar-refractivity contribution in [1.82, 2.24) is 0 Å². The van der Waals surface area contributed by atoms with Crippen molar-refractivity contribution in [2.24, 2.45) is 0 Å². The molecule has 0 amide bonds. The van der Waals surface area contributed by atoms with Gasteiger partial charge in [-0.05, 0) is 35.9 Å². The number of carbonyl (C=O) groups excluding carboxylic acids is 1. The molecule has 0 aliphatic carbocycles. The summed E-state index contributed by atoms with van der Waals surface area (Å²) in [6.45, 7) is -0.587. The number of benzene rings is 2. The van der Waals surface area contributed by atoms with E-state index in [9.17, 15) is 35.4 Å². The number of allylic oxidation sites excluding steroid dienone is 1. The quantitative estimate of drug-likeness (QED) is 0.254. The lowest BCUT2D eigenvalue weighted by Gasteiger charge is -2.39. The molecule has 1 saturated heterocycles. The number of phenols is 2. The maximum absolute atomic E-state index is 12.3. The number of methoxy groups -OCH3 is 1. The lowest BCUT2D eigenvalue weighted by atomic mass is 9.99. The van der Waals surface area contributed by atoms with Crippen LogP contribution in [0.2, 0.25) is 0 Å². The second-order valence-corrected chi connectivity index (χ2v) is 7.12. The second kappa shape index (κ2) is 9.98. The Morgan fingerprint density at radius 1 is 1.03 bits per heavy atom. The number of carbonyl (C=O) groups is 1. The highest BCUT2D eigenvalue weighted by molar-refractivity contribution is 6.08. The van der Waals surface area contributed by atoms with Crippen molar-refractivity contribution in [3.05, 3.63) is 53.6 Å². The average Bonchev–Trinajstić information content (AvgIpc) is 2.78. The molecule has 0 saturated carbocycles. The molecule has 2 aromatic carbocycles. The molecular weight excluding hydrogens is 424 g/mol. The number of aromatic hydroxyl groups is 2. The zero-order valence-electron chi connectivity index (χ0n) is 17.0. The van der Waals surface area contributed by atoms with E-state index < -0.39 is 43.1 Å². The van der Waals surface area contributed by atoms with Crippen molar-refractivity contribution in [1.29, 1.82) is 0 Å². The molecule has 0 aromatic heterocycles. The molecular formula is C22H24O10. The van der Waals surface area contributed by atoms with Gasteiger partial charge in [-0.15, -0.1) is 0 Å². The smallest absolute Gasteiger partial charge is 0.229 e. The molecule has 5 atom stereocenters. The number of phenolic OH excluding ortho intramolecular Hbond substituents is 2. The Balaban J connectivity index is 1.76. The lowest BCUT2D eigenvalue weighted by Crippen LogP contribution is -2.60. The van der Waals surface area contributed by atoms with Crippen LogP contribution in [0.25, 0.3) is 6.08 Å². The van der Waals surface area contributed by atoms with Crippen LogP contribution in [-0.2, 0) is 4.74 Å². The maximum atomic E-state index is 12.3. The molecule has 1 fully saturated rings. The Bertz CT molecular complexity index is 987. The van der Waals surface area contributed by atoms with Gasteiger partial charge in [-0.1, -0.05) is 12.1 Å². The van der Waals surface area contributed by atoms with Crippen molar-refractivity contribution >= 4 is 11.9 Å². The number of hydrogen-bond donors (Lipinski definition) is 6. The van der Waals surface area contributed by atoms with E-state index in [4.69, 9.17) is 14.2 Å². The Morgan fingerprint density at radius 2 is 1.78 bits per heavy atom. The van der Waals surface area contributed by atoms with E-state index in [1.807, 2.05) is 0 Å². The topological polar surface area (TPSA) is 166 Å². The van der Waals surface area contributed by atoms with E-state index in [2.05, 4.69) is 0 Å². The second-order valence-electron chi connectivity index (χ2n) is 7.12. The summed E-state index contributed by atoms with van der Waals surface area (Å²) in [6.07, 6.45) is -4.44. The van der Waals surface area contributed by atoms with Crippen LogP contribution in [0.4, 0.5) is 0 Å². The van der Waals surface area contributed by atoms with Crippen LogP contribution in [0.1, 0.15) is 15.9 Å². The van der Waals surface area contributed by atoms with Gasteiger partial charge in [-0.2, -0.15) is 0 Å². The molecule has 5 unspecified atom stereocenters. The molecule has 10 heteroatoms. The van der Waals surface area contributed by atoms with Crippen LogP contribution in [0.5, 0.6) is 23.0 Å². The van der Waals surface area contributed by atoms with Crippen molar-refractivity contribution in [2.75, 3.05) is 13.7 Å². The fourth-order valence-electron chi connectivity index (χ4n) is 3.17. The predicted molar refractivity (Wildman–Crippen MR) is 111 cm³/mol. The molecule has 10 nitrogen and oxygen atoms in total. The van der Waals surface area contributed by atoms with E-state index in [1.54, 1.807) is 12.1 Å². The summed E-state index contributed by atoms with van der Waals surface area (Å²) < 4.78 is 16.2. The molecule has 2 aromatic rings.